The van der Waals surface area contributed by atoms with E-state index < -0.39 is 0 Å². The summed E-state index contributed by atoms with van der Waals surface area (Å²) in [6.07, 6.45) is 4.90. The topological polar surface area (TPSA) is 44.2 Å². The zero-order valence-corrected chi connectivity index (χ0v) is 15.9. The number of aryl methyl sites for hydroxylation is 1. The maximum atomic E-state index is 5.26. The van der Waals surface area contributed by atoms with Crippen LogP contribution in [0.3, 0.4) is 0 Å². The van der Waals surface area contributed by atoms with Crippen LogP contribution in [0.15, 0.2) is 48.5 Å². The molecule has 0 radical (unpaired) electrons. The summed E-state index contributed by atoms with van der Waals surface area (Å²) in [7, 11) is 3.38. The molecule has 0 bridgehead atoms. The van der Waals surface area contributed by atoms with Crippen molar-refractivity contribution >= 4 is 0 Å². The first-order valence-electron chi connectivity index (χ1n) is 9.38. The van der Waals surface area contributed by atoms with Crippen LogP contribution in [0.2, 0.25) is 0 Å². The van der Waals surface area contributed by atoms with Crippen molar-refractivity contribution in [3.63, 3.8) is 0 Å². The smallest absolute Gasteiger partial charge is 0.133 e. The minimum atomic E-state index is 0.743. The summed E-state index contributed by atoms with van der Waals surface area (Å²) in [5.74, 6) is 2.66. The van der Waals surface area contributed by atoms with Gasteiger partial charge >= 0.3 is 0 Å². The molecule has 3 aromatic rings. The summed E-state index contributed by atoms with van der Waals surface area (Å²) in [6.45, 7) is 0. The fourth-order valence-corrected chi connectivity index (χ4v) is 3.65. The second-order valence-electron chi connectivity index (χ2n) is 6.92. The first kappa shape index (κ1) is 17.5. The Morgan fingerprint density at radius 2 is 1.33 bits per heavy atom. The molecule has 4 rings (SSSR count). The van der Waals surface area contributed by atoms with Crippen LogP contribution in [0, 0.1) is 0 Å². The van der Waals surface area contributed by atoms with Crippen LogP contribution >= 0.6 is 0 Å². The second kappa shape index (κ2) is 7.78. The number of hydrogen-bond donors (Lipinski definition) is 0. The lowest BCUT2D eigenvalue weighted by atomic mass is 10.0. The highest BCUT2D eigenvalue weighted by Crippen LogP contribution is 2.26. The Labute approximate surface area is 160 Å². The van der Waals surface area contributed by atoms with Gasteiger partial charge in [0.1, 0.15) is 17.3 Å². The molecule has 1 aliphatic carbocycles. The second-order valence-corrected chi connectivity index (χ2v) is 6.92. The third-order valence-corrected chi connectivity index (χ3v) is 5.12. The molecule has 0 atom stereocenters. The van der Waals surface area contributed by atoms with Gasteiger partial charge in [-0.15, -0.1) is 0 Å². The van der Waals surface area contributed by atoms with Crippen LogP contribution in [0.4, 0.5) is 0 Å². The van der Waals surface area contributed by atoms with Crippen LogP contribution in [0.1, 0.15) is 40.3 Å². The summed E-state index contributed by atoms with van der Waals surface area (Å²) in [4.78, 5) is 9.80. The van der Waals surface area contributed by atoms with Crippen molar-refractivity contribution in [2.75, 3.05) is 14.2 Å². The number of fused-ring (bicyclic) bond motifs is 1. The number of rotatable bonds is 6. The van der Waals surface area contributed by atoms with E-state index in [4.69, 9.17) is 19.4 Å². The number of hydrogen-bond acceptors (Lipinski definition) is 4. The molecule has 0 N–H and O–H groups in total. The lowest BCUT2D eigenvalue weighted by Crippen LogP contribution is -2.07. The third-order valence-electron chi connectivity index (χ3n) is 5.12. The molecule has 1 aromatic heterocycles. The maximum Gasteiger partial charge on any atom is 0.133 e. The van der Waals surface area contributed by atoms with Crippen LogP contribution in [0.5, 0.6) is 11.5 Å². The highest BCUT2D eigenvalue weighted by Gasteiger charge is 2.19. The molecule has 0 fully saturated rings. The van der Waals surface area contributed by atoms with Gasteiger partial charge in [-0.3, -0.25) is 0 Å². The van der Waals surface area contributed by atoms with Crippen LogP contribution in [-0.4, -0.2) is 24.2 Å². The average molecular weight is 360 g/mol. The van der Waals surface area contributed by atoms with E-state index in [2.05, 4.69) is 24.3 Å². The van der Waals surface area contributed by atoms with Gasteiger partial charge in [0.2, 0.25) is 0 Å². The summed E-state index contributed by atoms with van der Waals surface area (Å²) in [6, 6.07) is 16.4. The van der Waals surface area contributed by atoms with E-state index in [-0.39, 0.29) is 0 Å². The van der Waals surface area contributed by atoms with Gasteiger partial charge in [-0.05, 0) is 60.2 Å². The maximum absolute atomic E-state index is 5.26. The molecule has 27 heavy (non-hydrogen) atoms. The molecule has 0 unspecified atom stereocenters. The van der Waals surface area contributed by atoms with Gasteiger partial charge in [0, 0.05) is 18.5 Å². The highest BCUT2D eigenvalue weighted by molar-refractivity contribution is 5.37. The van der Waals surface area contributed by atoms with E-state index in [1.807, 2.05) is 24.3 Å². The Hall–Kier alpha value is -2.88. The van der Waals surface area contributed by atoms with Gasteiger partial charge in [-0.2, -0.15) is 0 Å². The number of nitrogens with zero attached hydrogens (tertiary/aromatic N) is 2. The SMILES string of the molecule is COc1ccc(Cc2nc3c(c(Cc4ccc(OC)cc4)n2)CCC3)cc1. The van der Waals surface area contributed by atoms with Gasteiger partial charge in [0.15, 0.2) is 0 Å². The van der Waals surface area contributed by atoms with E-state index in [1.54, 1.807) is 14.2 Å². The fourth-order valence-electron chi connectivity index (χ4n) is 3.65. The predicted octanol–water partition coefficient (Wildman–Crippen LogP) is 4.16. The van der Waals surface area contributed by atoms with E-state index in [0.717, 1.165) is 43.0 Å². The Bertz CT molecular complexity index is 918. The monoisotopic (exact) mass is 360 g/mol. The van der Waals surface area contributed by atoms with Crippen LogP contribution in [-0.2, 0) is 25.7 Å². The molecule has 0 spiro atoms. The van der Waals surface area contributed by atoms with E-state index in [1.165, 1.54) is 34.5 Å². The molecular weight excluding hydrogens is 336 g/mol. The summed E-state index contributed by atoms with van der Waals surface area (Å²) >= 11 is 0. The van der Waals surface area contributed by atoms with Crippen molar-refractivity contribution in [2.45, 2.75) is 32.1 Å². The van der Waals surface area contributed by atoms with Crippen molar-refractivity contribution < 1.29 is 9.47 Å². The lowest BCUT2D eigenvalue weighted by Gasteiger charge is -2.11. The third kappa shape index (κ3) is 3.95. The fraction of sp³-hybridized carbons (Fsp3) is 0.304. The molecule has 2 aromatic carbocycles. The summed E-state index contributed by atoms with van der Waals surface area (Å²) < 4.78 is 10.5. The Morgan fingerprint density at radius 1 is 0.741 bits per heavy atom. The first-order chi connectivity index (χ1) is 13.2. The molecule has 4 nitrogen and oxygen atoms in total. The lowest BCUT2D eigenvalue weighted by molar-refractivity contribution is 0.414. The highest BCUT2D eigenvalue weighted by atomic mass is 16.5. The molecular formula is C23H24N2O2. The molecule has 4 heteroatoms. The molecule has 1 heterocycles. The Balaban J connectivity index is 1.60. The standard InChI is InChI=1S/C23H24N2O2/c1-26-18-10-6-16(7-11-18)14-22-20-4-3-5-21(20)24-23(25-22)15-17-8-12-19(27-2)13-9-17/h6-13H,3-5,14-15H2,1-2H3. The van der Waals surface area contributed by atoms with Gasteiger partial charge in [-0.25, -0.2) is 9.97 Å². The van der Waals surface area contributed by atoms with Crippen LogP contribution < -0.4 is 9.47 Å². The van der Waals surface area contributed by atoms with Crippen molar-refractivity contribution in [3.05, 3.63) is 82.4 Å². The minimum absolute atomic E-state index is 0.743. The van der Waals surface area contributed by atoms with E-state index in [0.29, 0.717) is 0 Å². The van der Waals surface area contributed by atoms with E-state index in [9.17, 15) is 0 Å². The number of aromatic nitrogens is 2. The van der Waals surface area contributed by atoms with Gasteiger partial charge in [-0.1, -0.05) is 24.3 Å². The van der Waals surface area contributed by atoms with Crippen molar-refractivity contribution in [1.82, 2.24) is 9.97 Å². The molecule has 138 valence electrons. The van der Waals surface area contributed by atoms with Gasteiger partial charge in [0.25, 0.3) is 0 Å². The minimum Gasteiger partial charge on any atom is -0.497 e. The van der Waals surface area contributed by atoms with Crippen molar-refractivity contribution in [1.29, 1.82) is 0 Å². The normalized spacial score (nSPS) is 12.7. The van der Waals surface area contributed by atoms with Crippen molar-refractivity contribution in [2.24, 2.45) is 0 Å². The summed E-state index contributed by atoms with van der Waals surface area (Å²) in [5.41, 5.74) is 6.20. The summed E-state index contributed by atoms with van der Waals surface area (Å²) in [5, 5.41) is 0. The zero-order valence-electron chi connectivity index (χ0n) is 15.9. The molecule has 1 aliphatic rings. The molecule has 0 amide bonds. The number of ether oxygens (including phenoxy) is 2. The predicted molar refractivity (Wildman–Crippen MR) is 106 cm³/mol. The molecule has 0 saturated carbocycles. The number of methoxy groups -OCH3 is 2. The Kier molecular flexibility index (Phi) is 5.05. The largest absolute Gasteiger partial charge is 0.497 e. The average Bonchev–Trinajstić information content (AvgIpc) is 3.18. The quantitative estimate of drug-likeness (QED) is 0.662. The van der Waals surface area contributed by atoms with Crippen molar-refractivity contribution in [3.8, 4) is 11.5 Å². The van der Waals surface area contributed by atoms with Gasteiger partial charge < -0.3 is 9.47 Å². The first-order valence-corrected chi connectivity index (χ1v) is 9.38. The number of benzene rings is 2. The van der Waals surface area contributed by atoms with Gasteiger partial charge in [0.05, 0.1) is 19.9 Å². The molecule has 0 saturated heterocycles. The Morgan fingerprint density at radius 3 is 1.93 bits per heavy atom. The van der Waals surface area contributed by atoms with Crippen LogP contribution in [0.25, 0.3) is 0 Å². The molecule has 0 aliphatic heterocycles. The zero-order chi connectivity index (χ0) is 18.6. The van der Waals surface area contributed by atoms with E-state index >= 15 is 0 Å².